The summed E-state index contributed by atoms with van der Waals surface area (Å²) in [4.78, 5) is 18.5. The van der Waals surface area contributed by atoms with E-state index >= 15 is 0 Å². The van der Waals surface area contributed by atoms with Crippen molar-refractivity contribution < 1.29 is 4.79 Å². The average molecular weight is 247 g/mol. The van der Waals surface area contributed by atoms with Gasteiger partial charge in [-0.3, -0.25) is 9.78 Å². The maximum absolute atomic E-state index is 12.4. The summed E-state index contributed by atoms with van der Waals surface area (Å²) in [5.74, 6) is 0.0724. The highest BCUT2D eigenvalue weighted by atomic mass is 16.2. The zero-order valence-electron chi connectivity index (χ0n) is 11.4. The Hall–Kier alpha value is -1.58. The van der Waals surface area contributed by atoms with Crippen LogP contribution in [0.5, 0.6) is 0 Å². The van der Waals surface area contributed by atoms with Gasteiger partial charge in [0.05, 0.1) is 11.3 Å². The molecule has 18 heavy (non-hydrogen) atoms. The van der Waals surface area contributed by atoms with Gasteiger partial charge in [0, 0.05) is 31.5 Å². The Labute approximate surface area is 108 Å². The molecule has 0 aromatic carbocycles. The number of amides is 1. The minimum Gasteiger partial charge on any atom is -0.385 e. The van der Waals surface area contributed by atoms with Gasteiger partial charge in [-0.1, -0.05) is 0 Å². The number of carbonyl (C=O) groups excluding carboxylic acids is 1. The SMILES string of the molecule is CCNc1cc(C)ncc1C(=O)N(C)C1CCC1. The van der Waals surface area contributed by atoms with E-state index in [2.05, 4.69) is 10.3 Å². The third kappa shape index (κ3) is 2.47. The number of hydrogen-bond donors (Lipinski definition) is 1. The van der Waals surface area contributed by atoms with Gasteiger partial charge < -0.3 is 10.2 Å². The quantitative estimate of drug-likeness (QED) is 0.889. The van der Waals surface area contributed by atoms with Gasteiger partial charge in [0.2, 0.25) is 0 Å². The normalized spacial score (nSPS) is 15.1. The minimum absolute atomic E-state index is 0.0724. The first kappa shape index (κ1) is 12.9. The number of nitrogens with zero attached hydrogens (tertiary/aromatic N) is 2. The molecule has 1 saturated carbocycles. The molecule has 1 amide bonds. The predicted octanol–water partition coefficient (Wildman–Crippen LogP) is 2.45. The van der Waals surface area contributed by atoms with Gasteiger partial charge in [-0.15, -0.1) is 0 Å². The van der Waals surface area contributed by atoms with Crippen molar-refractivity contribution in [2.24, 2.45) is 0 Å². The molecule has 1 N–H and O–H groups in total. The first-order chi connectivity index (χ1) is 8.63. The van der Waals surface area contributed by atoms with Crippen LogP contribution < -0.4 is 5.32 Å². The van der Waals surface area contributed by atoms with Crippen molar-refractivity contribution in [2.75, 3.05) is 18.9 Å². The number of pyridine rings is 1. The molecular weight excluding hydrogens is 226 g/mol. The van der Waals surface area contributed by atoms with E-state index in [1.807, 2.05) is 31.9 Å². The molecular formula is C14H21N3O. The topological polar surface area (TPSA) is 45.2 Å². The van der Waals surface area contributed by atoms with Gasteiger partial charge in [0.25, 0.3) is 5.91 Å². The van der Waals surface area contributed by atoms with Crippen LogP contribution in [-0.4, -0.2) is 35.4 Å². The van der Waals surface area contributed by atoms with Gasteiger partial charge in [-0.25, -0.2) is 0 Å². The molecule has 0 aliphatic heterocycles. The van der Waals surface area contributed by atoms with Crippen LogP contribution in [0.3, 0.4) is 0 Å². The first-order valence-corrected chi connectivity index (χ1v) is 6.61. The molecule has 0 spiro atoms. The van der Waals surface area contributed by atoms with E-state index in [1.54, 1.807) is 6.20 Å². The highest BCUT2D eigenvalue weighted by Crippen LogP contribution is 2.26. The van der Waals surface area contributed by atoms with E-state index in [4.69, 9.17) is 0 Å². The van der Waals surface area contributed by atoms with Crippen LogP contribution in [-0.2, 0) is 0 Å². The van der Waals surface area contributed by atoms with Crippen LogP contribution in [0.2, 0.25) is 0 Å². The van der Waals surface area contributed by atoms with E-state index in [1.165, 1.54) is 6.42 Å². The fourth-order valence-corrected chi connectivity index (χ4v) is 2.20. The molecule has 1 aliphatic carbocycles. The molecule has 0 bridgehead atoms. The molecule has 1 fully saturated rings. The molecule has 2 rings (SSSR count). The van der Waals surface area contributed by atoms with Crippen LogP contribution in [0.15, 0.2) is 12.3 Å². The Morgan fingerprint density at radius 3 is 2.83 bits per heavy atom. The molecule has 1 heterocycles. The van der Waals surface area contributed by atoms with Crippen molar-refractivity contribution >= 4 is 11.6 Å². The molecule has 98 valence electrons. The van der Waals surface area contributed by atoms with E-state index in [0.29, 0.717) is 11.6 Å². The lowest BCUT2D eigenvalue weighted by Crippen LogP contribution is -2.41. The van der Waals surface area contributed by atoms with Gasteiger partial charge in [-0.05, 0) is 39.2 Å². The summed E-state index contributed by atoms with van der Waals surface area (Å²) in [5.41, 5.74) is 2.49. The van der Waals surface area contributed by atoms with E-state index in [0.717, 1.165) is 30.8 Å². The largest absolute Gasteiger partial charge is 0.385 e. The number of carbonyl (C=O) groups is 1. The second kappa shape index (κ2) is 5.38. The third-order valence-corrected chi connectivity index (χ3v) is 3.58. The number of rotatable bonds is 4. The van der Waals surface area contributed by atoms with Gasteiger partial charge >= 0.3 is 0 Å². The van der Waals surface area contributed by atoms with Crippen molar-refractivity contribution in [2.45, 2.75) is 39.2 Å². The van der Waals surface area contributed by atoms with Crippen molar-refractivity contribution in [3.8, 4) is 0 Å². The molecule has 4 heteroatoms. The Bertz CT molecular complexity index is 441. The van der Waals surface area contributed by atoms with Crippen molar-refractivity contribution in [1.29, 1.82) is 0 Å². The van der Waals surface area contributed by atoms with Crippen LogP contribution in [0.1, 0.15) is 42.2 Å². The van der Waals surface area contributed by atoms with E-state index in [-0.39, 0.29) is 5.91 Å². The third-order valence-electron chi connectivity index (χ3n) is 3.58. The summed E-state index contributed by atoms with van der Waals surface area (Å²) in [6.07, 6.45) is 5.16. The van der Waals surface area contributed by atoms with Crippen LogP contribution in [0, 0.1) is 6.92 Å². The Balaban J connectivity index is 2.22. The average Bonchev–Trinajstić information content (AvgIpc) is 2.26. The number of aromatic nitrogens is 1. The molecule has 1 aromatic heterocycles. The summed E-state index contributed by atoms with van der Waals surface area (Å²) in [6.45, 7) is 4.77. The molecule has 0 radical (unpaired) electrons. The van der Waals surface area contributed by atoms with E-state index < -0.39 is 0 Å². The summed E-state index contributed by atoms with van der Waals surface area (Å²) in [5, 5.41) is 3.24. The van der Waals surface area contributed by atoms with Crippen molar-refractivity contribution in [1.82, 2.24) is 9.88 Å². The van der Waals surface area contributed by atoms with Crippen molar-refractivity contribution in [3.63, 3.8) is 0 Å². The molecule has 1 aliphatic rings. The van der Waals surface area contributed by atoms with Gasteiger partial charge in [-0.2, -0.15) is 0 Å². The lowest BCUT2D eigenvalue weighted by Gasteiger charge is -2.35. The fourth-order valence-electron chi connectivity index (χ4n) is 2.20. The van der Waals surface area contributed by atoms with Crippen LogP contribution in [0.4, 0.5) is 5.69 Å². The number of nitrogens with one attached hydrogen (secondary N) is 1. The van der Waals surface area contributed by atoms with Crippen LogP contribution in [0.25, 0.3) is 0 Å². The van der Waals surface area contributed by atoms with Crippen LogP contribution >= 0.6 is 0 Å². The second-order valence-electron chi connectivity index (χ2n) is 4.90. The highest BCUT2D eigenvalue weighted by Gasteiger charge is 2.27. The minimum atomic E-state index is 0.0724. The van der Waals surface area contributed by atoms with Gasteiger partial charge in [0.1, 0.15) is 0 Å². The maximum Gasteiger partial charge on any atom is 0.257 e. The summed E-state index contributed by atoms with van der Waals surface area (Å²) in [6, 6.07) is 2.35. The standard InChI is InChI=1S/C14H21N3O/c1-4-15-13-8-10(2)16-9-12(13)14(18)17(3)11-6-5-7-11/h8-9,11H,4-7H2,1-3H3,(H,15,16). The summed E-state index contributed by atoms with van der Waals surface area (Å²) >= 11 is 0. The lowest BCUT2D eigenvalue weighted by atomic mass is 9.91. The zero-order chi connectivity index (χ0) is 13.1. The fraction of sp³-hybridized carbons (Fsp3) is 0.571. The Morgan fingerprint density at radius 1 is 1.56 bits per heavy atom. The smallest absolute Gasteiger partial charge is 0.257 e. The predicted molar refractivity (Wildman–Crippen MR) is 72.9 cm³/mol. The Morgan fingerprint density at radius 2 is 2.28 bits per heavy atom. The molecule has 0 unspecified atom stereocenters. The highest BCUT2D eigenvalue weighted by molar-refractivity contribution is 5.99. The maximum atomic E-state index is 12.4. The number of hydrogen-bond acceptors (Lipinski definition) is 3. The molecule has 1 aromatic rings. The monoisotopic (exact) mass is 247 g/mol. The molecule has 0 atom stereocenters. The molecule has 0 saturated heterocycles. The zero-order valence-corrected chi connectivity index (χ0v) is 11.4. The van der Waals surface area contributed by atoms with Crippen molar-refractivity contribution in [3.05, 3.63) is 23.5 Å². The lowest BCUT2D eigenvalue weighted by molar-refractivity contribution is 0.0652. The summed E-state index contributed by atoms with van der Waals surface area (Å²) < 4.78 is 0. The molecule has 4 nitrogen and oxygen atoms in total. The number of aryl methyl sites for hydroxylation is 1. The second-order valence-corrected chi connectivity index (χ2v) is 4.90. The first-order valence-electron chi connectivity index (χ1n) is 6.61. The number of anilines is 1. The van der Waals surface area contributed by atoms with E-state index in [9.17, 15) is 4.79 Å². The van der Waals surface area contributed by atoms with Gasteiger partial charge in [0.15, 0.2) is 0 Å². The Kier molecular flexibility index (Phi) is 3.84. The summed E-state index contributed by atoms with van der Waals surface area (Å²) in [7, 11) is 1.89.